The Labute approximate surface area is 117 Å². The zero-order valence-electron chi connectivity index (χ0n) is 10.4. The molecule has 2 atom stereocenters. The third-order valence-corrected chi connectivity index (χ3v) is 4.89. The van der Waals surface area contributed by atoms with Gasteiger partial charge >= 0.3 is 0 Å². The summed E-state index contributed by atoms with van der Waals surface area (Å²) in [7, 11) is 0. The van der Waals surface area contributed by atoms with E-state index in [1.807, 2.05) is 11.8 Å². The standard InChI is InChI=1S/C13H18ClFN2S/c1-9-8-18-6-5-17(9)12(7-16)13-10(14)3-2-4-11(13)15/h2-4,9,12H,5-8,16H2,1H3. The van der Waals surface area contributed by atoms with Gasteiger partial charge in [0.2, 0.25) is 0 Å². The molecule has 2 rings (SSSR count). The first-order valence-electron chi connectivity index (χ1n) is 6.12. The van der Waals surface area contributed by atoms with Gasteiger partial charge in [-0.3, -0.25) is 4.90 Å². The second kappa shape index (κ2) is 6.24. The van der Waals surface area contributed by atoms with Crippen molar-refractivity contribution in [3.63, 3.8) is 0 Å². The molecule has 0 bridgehead atoms. The Bertz CT molecular complexity index is 396. The van der Waals surface area contributed by atoms with Gasteiger partial charge < -0.3 is 5.73 Å². The van der Waals surface area contributed by atoms with Gasteiger partial charge in [-0.05, 0) is 19.1 Å². The van der Waals surface area contributed by atoms with Crippen molar-refractivity contribution in [3.05, 3.63) is 34.6 Å². The minimum absolute atomic E-state index is 0.130. The quantitative estimate of drug-likeness (QED) is 0.927. The average Bonchev–Trinajstić information content (AvgIpc) is 2.35. The van der Waals surface area contributed by atoms with Crippen molar-refractivity contribution in [3.8, 4) is 0 Å². The van der Waals surface area contributed by atoms with Crippen molar-refractivity contribution < 1.29 is 4.39 Å². The molecule has 18 heavy (non-hydrogen) atoms. The molecule has 100 valence electrons. The van der Waals surface area contributed by atoms with Gasteiger partial charge in [-0.1, -0.05) is 17.7 Å². The summed E-state index contributed by atoms with van der Waals surface area (Å²) < 4.78 is 14.0. The lowest BCUT2D eigenvalue weighted by Gasteiger charge is -2.39. The van der Waals surface area contributed by atoms with E-state index < -0.39 is 0 Å². The molecule has 0 spiro atoms. The maximum Gasteiger partial charge on any atom is 0.129 e. The number of benzene rings is 1. The van der Waals surface area contributed by atoms with E-state index in [9.17, 15) is 4.39 Å². The average molecular weight is 289 g/mol. The molecule has 1 fully saturated rings. The van der Waals surface area contributed by atoms with Crippen molar-refractivity contribution in [2.45, 2.75) is 19.0 Å². The number of hydrogen-bond acceptors (Lipinski definition) is 3. The Morgan fingerprint density at radius 1 is 1.61 bits per heavy atom. The van der Waals surface area contributed by atoms with Crippen molar-refractivity contribution in [2.24, 2.45) is 5.73 Å². The summed E-state index contributed by atoms with van der Waals surface area (Å²) in [5.74, 6) is 1.86. The fourth-order valence-corrected chi connectivity index (χ4v) is 3.78. The third-order valence-electron chi connectivity index (χ3n) is 3.38. The van der Waals surface area contributed by atoms with E-state index in [1.54, 1.807) is 12.1 Å². The molecule has 1 aromatic carbocycles. The van der Waals surface area contributed by atoms with Gasteiger partial charge in [0.25, 0.3) is 0 Å². The minimum Gasteiger partial charge on any atom is -0.329 e. The SMILES string of the molecule is CC1CSCCN1C(CN)c1c(F)cccc1Cl. The van der Waals surface area contributed by atoms with E-state index >= 15 is 0 Å². The van der Waals surface area contributed by atoms with Gasteiger partial charge in [-0.2, -0.15) is 11.8 Å². The number of halogens is 2. The molecular weight excluding hydrogens is 271 g/mol. The number of hydrogen-bond donors (Lipinski definition) is 1. The molecule has 0 amide bonds. The third kappa shape index (κ3) is 2.82. The normalized spacial score (nSPS) is 23.0. The van der Waals surface area contributed by atoms with Gasteiger partial charge in [-0.25, -0.2) is 4.39 Å². The molecule has 1 aliphatic rings. The molecule has 1 saturated heterocycles. The van der Waals surface area contributed by atoms with Gasteiger partial charge in [0.15, 0.2) is 0 Å². The second-order valence-corrected chi connectivity index (χ2v) is 6.11. The summed E-state index contributed by atoms with van der Waals surface area (Å²) in [6.07, 6.45) is 0. The maximum absolute atomic E-state index is 14.0. The van der Waals surface area contributed by atoms with Crippen LogP contribution in [0.25, 0.3) is 0 Å². The zero-order valence-corrected chi connectivity index (χ0v) is 12.0. The molecule has 1 aliphatic heterocycles. The van der Waals surface area contributed by atoms with Crippen LogP contribution in [0.15, 0.2) is 18.2 Å². The van der Waals surface area contributed by atoms with Crippen LogP contribution >= 0.6 is 23.4 Å². The summed E-state index contributed by atoms with van der Waals surface area (Å²) in [6, 6.07) is 5.08. The van der Waals surface area contributed by atoms with Crippen LogP contribution in [-0.2, 0) is 0 Å². The summed E-state index contributed by atoms with van der Waals surface area (Å²) in [6.45, 7) is 3.47. The first-order chi connectivity index (χ1) is 8.65. The van der Waals surface area contributed by atoms with E-state index in [4.69, 9.17) is 17.3 Å². The Morgan fingerprint density at radius 3 is 3.00 bits per heavy atom. The predicted octanol–water partition coefficient (Wildman–Crippen LogP) is 2.92. The van der Waals surface area contributed by atoms with Crippen LogP contribution in [-0.4, -0.2) is 35.5 Å². The number of nitrogens with zero attached hydrogens (tertiary/aromatic N) is 1. The Kier molecular flexibility index (Phi) is 4.90. The number of nitrogens with two attached hydrogens (primary N) is 1. The molecule has 1 aromatic rings. The van der Waals surface area contributed by atoms with Gasteiger partial charge in [-0.15, -0.1) is 0 Å². The fourth-order valence-electron chi connectivity index (χ4n) is 2.45. The first-order valence-corrected chi connectivity index (χ1v) is 7.66. The van der Waals surface area contributed by atoms with Crippen molar-refractivity contribution in [1.29, 1.82) is 0 Å². The maximum atomic E-state index is 14.0. The Hall–Kier alpha value is -0.290. The molecule has 0 saturated carbocycles. The van der Waals surface area contributed by atoms with Gasteiger partial charge in [0, 0.05) is 41.2 Å². The van der Waals surface area contributed by atoms with Crippen LogP contribution in [0, 0.1) is 5.82 Å². The Morgan fingerprint density at radius 2 is 2.39 bits per heavy atom. The van der Waals surface area contributed by atoms with Gasteiger partial charge in [0.1, 0.15) is 5.82 Å². The van der Waals surface area contributed by atoms with Crippen LogP contribution in [0.2, 0.25) is 5.02 Å². The number of thioether (sulfide) groups is 1. The van der Waals surface area contributed by atoms with Crippen LogP contribution in [0.3, 0.4) is 0 Å². The molecule has 1 heterocycles. The summed E-state index contributed by atoms with van der Waals surface area (Å²) >= 11 is 8.07. The summed E-state index contributed by atoms with van der Waals surface area (Å²) in [4.78, 5) is 2.26. The highest BCUT2D eigenvalue weighted by Crippen LogP contribution is 2.32. The van der Waals surface area contributed by atoms with Crippen LogP contribution in [0.4, 0.5) is 4.39 Å². The molecule has 0 aromatic heterocycles. The Balaban J connectivity index is 2.32. The topological polar surface area (TPSA) is 29.3 Å². The lowest BCUT2D eigenvalue weighted by molar-refractivity contribution is 0.163. The molecule has 2 nitrogen and oxygen atoms in total. The fraction of sp³-hybridized carbons (Fsp3) is 0.538. The lowest BCUT2D eigenvalue weighted by Crippen LogP contribution is -2.45. The summed E-state index contributed by atoms with van der Waals surface area (Å²) in [5.41, 5.74) is 6.40. The smallest absolute Gasteiger partial charge is 0.129 e. The monoisotopic (exact) mass is 288 g/mol. The minimum atomic E-state index is -0.261. The summed E-state index contributed by atoms with van der Waals surface area (Å²) in [5, 5.41) is 0.468. The highest BCUT2D eigenvalue weighted by Gasteiger charge is 2.29. The predicted molar refractivity (Wildman–Crippen MR) is 76.7 cm³/mol. The molecule has 5 heteroatoms. The molecular formula is C13H18ClFN2S. The molecule has 0 radical (unpaired) electrons. The van der Waals surface area contributed by atoms with Crippen LogP contribution in [0.1, 0.15) is 18.5 Å². The highest BCUT2D eigenvalue weighted by molar-refractivity contribution is 7.99. The van der Waals surface area contributed by atoms with E-state index in [1.165, 1.54) is 6.07 Å². The number of rotatable bonds is 3. The van der Waals surface area contributed by atoms with Crippen LogP contribution in [0.5, 0.6) is 0 Å². The highest BCUT2D eigenvalue weighted by atomic mass is 35.5. The van der Waals surface area contributed by atoms with E-state index in [0.29, 0.717) is 23.2 Å². The van der Waals surface area contributed by atoms with Crippen molar-refractivity contribution in [1.82, 2.24) is 4.90 Å². The first kappa shape index (κ1) is 14.1. The van der Waals surface area contributed by atoms with Gasteiger partial charge in [0.05, 0.1) is 6.04 Å². The zero-order chi connectivity index (χ0) is 13.1. The van der Waals surface area contributed by atoms with E-state index in [0.717, 1.165) is 18.1 Å². The molecule has 2 N–H and O–H groups in total. The van der Waals surface area contributed by atoms with Crippen molar-refractivity contribution in [2.75, 3.05) is 24.6 Å². The largest absolute Gasteiger partial charge is 0.329 e. The lowest BCUT2D eigenvalue weighted by atomic mass is 10.0. The second-order valence-electron chi connectivity index (χ2n) is 4.55. The van der Waals surface area contributed by atoms with Crippen molar-refractivity contribution >= 4 is 23.4 Å². The molecule has 0 aliphatic carbocycles. The van der Waals surface area contributed by atoms with E-state index in [-0.39, 0.29) is 11.9 Å². The van der Waals surface area contributed by atoms with Crippen LogP contribution < -0.4 is 5.73 Å². The molecule has 2 unspecified atom stereocenters. The van der Waals surface area contributed by atoms with E-state index in [2.05, 4.69) is 11.8 Å².